The van der Waals surface area contributed by atoms with E-state index in [0.717, 1.165) is 28.8 Å². The van der Waals surface area contributed by atoms with E-state index < -0.39 is 11.7 Å². The quantitative estimate of drug-likeness (QED) is 0.624. The predicted molar refractivity (Wildman–Crippen MR) is 79.7 cm³/mol. The van der Waals surface area contributed by atoms with E-state index in [0.29, 0.717) is 6.42 Å². The second kappa shape index (κ2) is 6.10. The van der Waals surface area contributed by atoms with Crippen molar-refractivity contribution in [3.63, 3.8) is 0 Å². The molecule has 0 N–H and O–H groups in total. The lowest BCUT2D eigenvalue weighted by atomic mass is 9.99. The molecule has 112 valence electrons. The van der Waals surface area contributed by atoms with E-state index in [1.807, 2.05) is 32.0 Å². The van der Waals surface area contributed by atoms with Gasteiger partial charge in [0.25, 0.3) is 0 Å². The Morgan fingerprint density at radius 2 is 1.57 bits per heavy atom. The Hall–Kier alpha value is -1.48. The SMILES string of the molecule is Cc1ccc(C(Cl)Cc2ccc(C(F)(F)F)cc2)cc1C. The van der Waals surface area contributed by atoms with Gasteiger partial charge in [-0.3, -0.25) is 0 Å². The molecule has 0 fully saturated rings. The molecule has 21 heavy (non-hydrogen) atoms. The largest absolute Gasteiger partial charge is 0.416 e. The minimum atomic E-state index is -4.30. The maximum atomic E-state index is 12.5. The van der Waals surface area contributed by atoms with Crippen LogP contribution in [0.1, 0.15) is 33.2 Å². The summed E-state index contributed by atoms with van der Waals surface area (Å²) in [5, 5.41) is -0.249. The lowest BCUT2D eigenvalue weighted by Gasteiger charge is -2.13. The minimum absolute atomic E-state index is 0.249. The van der Waals surface area contributed by atoms with E-state index in [9.17, 15) is 13.2 Å². The maximum Gasteiger partial charge on any atom is 0.416 e. The molecule has 0 bridgehead atoms. The Kier molecular flexibility index (Phi) is 4.62. The van der Waals surface area contributed by atoms with Crippen molar-refractivity contribution in [2.45, 2.75) is 31.8 Å². The summed E-state index contributed by atoms with van der Waals surface area (Å²) in [6, 6.07) is 11.2. The van der Waals surface area contributed by atoms with Gasteiger partial charge in [-0.05, 0) is 54.7 Å². The summed E-state index contributed by atoms with van der Waals surface area (Å²) in [5.41, 5.74) is 3.49. The molecule has 1 unspecified atom stereocenters. The molecule has 0 aromatic heterocycles. The van der Waals surface area contributed by atoms with Gasteiger partial charge in [-0.2, -0.15) is 13.2 Å². The fourth-order valence-electron chi connectivity index (χ4n) is 2.11. The van der Waals surface area contributed by atoms with E-state index >= 15 is 0 Å². The summed E-state index contributed by atoms with van der Waals surface area (Å²) in [7, 11) is 0. The zero-order valence-electron chi connectivity index (χ0n) is 11.8. The van der Waals surface area contributed by atoms with Gasteiger partial charge in [0.1, 0.15) is 0 Å². The lowest BCUT2D eigenvalue weighted by Crippen LogP contribution is -2.05. The van der Waals surface area contributed by atoms with E-state index in [-0.39, 0.29) is 5.38 Å². The molecule has 1 atom stereocenters. The molecule has 2 rings (SSSR count). The highest BCUT2D eigenvalue weighted by Gasteiger charge is 2.29. The smallest absolute Gasteiger partial charge is 0.166 e. The predicted octanol–water partition coefficient (Wildman–Crippen LogP) is 5.84. The van der Waals surface area contributed by atoms with Crippen LogP contribution in [0.25, 0.3) is 0 Å². The summed E-state index contributed by atoms with van der Waals surface area (Å²) in [5.74, 6) is 0. The first-order chi connectivity index (χ1) is 9.77. The van der Waals surface area contributed by atoms with Crippen LogP contribution in [-0.4, -0.2) is 0 Å². The van der Waals surface area contributed by atoms with Gasteiger partial charge in [0.15, 0.2) is 0 Å². The van der Waals surface area contributed by atoms with Crippen LogP contribution in [-0.2, 0) is 12.6 Å². The first-order valence-electron chi connectivity index (χ1n) is 6.65. The third-order valence-corrected chi connectivity index (χ3v) is 4.00. The average Bonchev–Trinajstić information content (AvgIpc) is 2.41. The van der Waals surface area contributed by atoms with Crippen molar-refractivity contribution in [3.05, 3.63) is 70.3 Å². The van der Waals surface area contributed by atoms with Crippen molar-refractivity contribution < 1.29 is 13.2 Å². The Labute approximate surface area is 127 Å². The van der Waals surface area contributed by atoms with Crippen molar-refractivity contribution in [3.8, 4) is 0 Å². The summed E-state index contributed by atoms with van der Waals surface area (Å²) < 4.78 is 37.5. The molecule has 0 nitrogen and oxygen atoms in total. The molecule has 0 spiro atoms. The zero-order chi connectivity index (χ0) is 15.6. The molecule has 0 saturated carbocycles. The number of aryl methyl sites for hydroxylation is 2. The van der Waals surface area contributed by atoms with Crippen molar-refractivity contribution in [2.24, 2.45) is 0 Å². The number of rotatable bonds is 3. The second-order valence-corrected chi connectivity index (χ2v) is 5.74. The molecule has 0 aliphatic rings. The van der Waals surface area contributed by atoms with E-state index in [1.165, 1.54) is 17.7 Å². The average molecular weight is 313 g/mol. The molecule has 0 saturated heterocycles. The summed E-state index contributed by atoms with van der Waals surface area (Å²) >= 11 is 6.37. The highest BCUT2D eigenvalue weighted by molar-refractivity contribution is 6.20. The van der Waals surface area contributed by atoms with Gasteiger partial charge >= 0.3 is 6.18 Å². The van der Waals surface area contributed by atoms with Crippen LogP contribution >= 0.6 is 11.6 Å². The maximum absolute atomic E-state index is 12.5. The van der Waals surface area contributed by atoms with Gasteiger partial charge in [0.05, 0.1) is 10.9 Å². The van der Waals surface area contributed by atoms with E-state index in [2.05, 4.69) is 0 Å². The zero-order valence-corrected chi connectivity index (χ0v) is 12.6. The first kappa shape index (κ1) is 15.9. The number of hydrogen-bond acceptors (Lipinski definition) is 0. The number of hydrogen-bond donors (Lipinski definition) is 0. The van der Waals surface area contributed by atoms with Crippen molar-refractivity contribution in [1.82, 2.24) is 0 Å². The molecule has 0 radical (unpaired) electrons. The molecule has 4 heteroatoms. The normalized spacial score (nSPS) is 13.2. The number of benzene rings is 2. The molecular formula is C17H16ClF3. The van der Waals surface area contributed by atoms with Crippen LogP contribution in [0.2, 0.25) is 0 Å². The van der Waals surface area contributed by atoms with Gasteiger partial charge in [-0.25, -0.2) is 0 Å². The third-order valence-electron chi connectivity index (χ3n) is 3.59. The first-order valence-corrected chi connectivity index (χ1v) is 7.08. The van der Waals surface area contributed by atoms with Crippen LogP contribution in [0.4, 0.5) is 13.2 Å². The van der Waals surface area contributed by atoms with Gasteiger partial charge in [0, 0.05) is 0 Å². The summed E-state index contributed by atoms with van der Waals surface area (Å²) in [4.78, 5) is 0. The number of halogens is 4. The van der Waals surface area contributed by atoms with Crippen molar-refractivity contribution in [2.75, 3.05) is 0 Å². The van der Waals surface area contributed by atoms with Crippen LogP contribution in [0.15, 0.2) is 42.5 Å². The fourth-order valence-corrected chi connectivity index (χ4v) is 2.43. The second-order valence-electron chi connectivity index (χ2n) is 5.21. The monoisotopic (exact) mass is 312 g/mol. The van der Waals surface area contributed by atoms with Crippen molar-refractivity contribution in [1.29, 1.82) is 0 Å². The van der Waals surface area contributed by atoms with Gasteiger partial charge in [0.2, 0.25) is 0 Å². The summed E-state index contributed by atoms with van der Waals surface area (Å²) in [6.45, 7) is 4.04. The molecule has 0 aliphatic carbocycles. The van der Waals surface area contributed by atoms with E-state index in [1.54, 1.807) is 0 Å². The Morgan fingerprint density at radius 3 is 2.10 bits per heavy atom. The van der Waals surface area contributed by atoms with Gasteiger partial charge in [-0.15, -0.1) is 11.6 Å². The third kappa shape index (κ3) is 4.01. The molecule has 2 aromatic carbocycles. The molecule has 0 heterocycles. The van der Waals surface area contributed by atoms with Crippen LogP contribution < -0.4 is 0 Å². The van der Waals surface area contributed by atoms with E-state index in [4.69, 9.17) is 11.6 Å². The molecule has 0 aliphatic heterocycles. The Balaban J connectivity index is 2.12. The molecule has 0 amide bonds. The van der Waals surface area contributed by atoms with Gasteiger partial charge < -0.3 is 0 Å². The Bertz CT molecular complexity index is 615. The molecular weight excluding hydrogens is 297 g/mol. The fraction of sp³-hybridized carbons (Fsp3) is 0.294. The van der Waals surface area contributed by atoms with Gasteiger partial charge in [-0.1, -0.05) is 30.3 Å². The molecule has 2 aromatic rings. The van der Waals surface area contributed by atoms with Crippen molar-refractivity contribution >= 4 is 11.6 Å². The highest BCUT2D eigenvalue weighted by Crippen LogP contribution is 2.31. The van der Waals surface area contributed by atoms with Crippen LogP contribution in [0.5, 0.6) is 0 Å². The van der Waals surface area contributed by atoms with Crippen LogP contribution in [0.3, 0.4) is 0 Å². The lowest BCUT2D eigenvalue weighted by molar-refractivity contribution is -0.137. The minimum Gasteiger partial charge on any atom is -0.166 e. The highest BCUT2D eigenvalue weighted by atomic mass is 35.5. The standard InChI is InChI=1S/C17H16ClF3/c1-11-3-6-14(9-12(11)2)16(18)10-13-4-7-15(8-5-13)17(19,20)21/h3-9,16H,10H2,1-2H3. The topological polar surface area (TPSA) is 0 Å². The van der Waals surface area contributed by atoms with Crippen LogP contribution in [0, 0.1) is 13.8 Å². The summed E-state index contributed by atoms with van der Waals surface area (Å²) in [6.07, 6.45) is -3.80. The Morgan fingerprint density at radius 1 is 0.952 bits per heavy atom. The number of alkyl halides is 4.